The summed E-state index contributed by atoms with van der Waals surface area (Å²) in [4.78, 5) is 0. The number of nitrogens with zero attached hydrogens (tertiary/aromatic N) is 3. The van der Waals surface area contributed by atoms with Gasteiger partial charge in [0.15, 0.2) is 5.11 Å². The molecule has 0 bridgehead atoms. The van der Waals surface area contributed by atoms with Crippen molar-refractivity contribution in [3.63, 3.8) is 0 Å². The average Bonchev–Trinajstić information content (AvgIpc) is 3.00. The van der Waals surface area contributed by atoms with Crippen LogP contribution in [0.4, 0.5) is 5.69 Å². The van der Waals surface area contributed by atoms with E-state index < -0.39 is 0 Å². The van der Waals surface area contributed by atoms with Gasteiger partial charge in [-0.3, -0.25) is 5.43 Å². The molecule has 3 aromatic rings. The lowest BCUT2D eigenvalue weighted by Crippen LogP contribution is -2.24. The summed E-state index contributed by atoms with van der Waals surface area (Å²) < 4.78 is 2.07. The number of fused-ring (bicyclic) bond motifs is 1. The first kappa shape index (κ1) is 17.6. The molecule has 1 heterocycles. The van der Waals surface area contributed by atoms with E-state index in [0.717, 1.165) is 27.7 Å². The van der Waals surface area contributed by atoms with Crippen LogP contribution in [0.5, 0.6) is 0 Å². The third-order valence-corrected chi connectivity index (χ3v) is 4.24. The van der Waals surface area contributed by atoms with Gasteiger partial charge >= 0.3 is 0 Å². The second-order valence-electron chi connectivity index (χ2n) is 5.84. The first-order chi connectivity index (χ1) is 12.7. The van der Waals surface area contributed by atoms with Crippen molar-refractivity contribution in [1.29, 1.82) is 5.26 Å². The van der Waals surface area contributed by atoms with E-state index in [1.807, 2.05) is 61.7 Å². The first-order valence-electron chi connectivity index (χ1n) is 8.29. The van der Waals surface area contributed by atoms with Crippen LogP contribution in [0, 0.1) is 18.3 Å². The van der Waals surface area contributed by atoms with Crippen molar-refractivity contribution < 1.29 is 0 Å². The maximum absolute atomic E-state index is 8.83. The van der Waals surface area contributed by atoms with Crippen LogP contribution in [0.3, 0.4) is 0 Å². The van der Waals surface area contributed by atoms with Gasteiger partial charge in [0.1, 0.15) is 0 Å². The summed E-state index contributed by atoms with van der Waals surface area (Å²) >= 11 is 5.29. The zero-order chi connectivity index (χ0) is 18.4. The number of nitrogens with one attached hydrogen (secondary N) is 2. The maximum atomic E-state index is 8.83. The number of rotatable bonds is 5. The van der Waals surface area contributed by atoms with E-state index in [-0.39, 0.29) is 0 Å². The summed E-state index contributed by atoms with van der Waals surface area (Å²) in [5.41, 5.74) is 6.98. The molecule has 0 fully saturated rings. The Morgan fingerprint density at radius 2 is 2.00 bits per heavy atom. The summed E-state index contributed by atoms with van der Waals surface area (Å²) in [5, 5.41) is 17.7. The Morgan fingerprint density at radius 1 is 1.23 bits per heavy atom. The number of thiocarbonyl (C=S) groups is 1. The number of para-hydroxylation sites is 2. The highest BCUT2D eigenvalue weighted by molar-refractivity contribution is 7.80. The lowest BCUT2D eigenvalue weighted by molar-refractivity contribution is 0.744. The second-order valence-corrected chi connectivity index (χ2v) is 6.25. The van der Waals surface area contributed by atoms with Crippen LogP contribution in [0.1, 0.15) is 17.5 Å². The maximum Gasteiger partial charge on any atom is 0.191 e. The van der Waals surface area contributed by atoms with Gasteiger partial charge in [-0.15, -0.1) is 0 Å². The molecule has 2 N–H and O–H groups in total. The number of nitriles is 1. The molecule has 5 nitrogen and oxygen atoms in total. The molecule has 0 aliphatic heterocycles. The summed E-state index contributed by atoms with van der Waals surface area (Å²) in [5.74, 6) is 0. The first-order valence-corrected chi connectivity index (χ1v) is 8.70. The highest BCUT2D eigenvalue weighted by Crippen LogP contribution is 2.20. The number of anilines is 1. The molecule has 26 heavy (non-hydrogen) atoms. The van der Waals surface area contributed by atoms with Crippen LogP contribution < -0.4 is 10.7 Å². The standard InChI is InChI=1S/C20H19N5S/c1-15-7-2-4-9-18(15)23-20(26)24-22-13-16-14-25(12-6-11-21)19-10-5-3-8-17(16)19/h2-5,7-10,13-14H,6,12H2,1H3,(H2,23,24,26)/b22-13-. The van der Waals surface area contributed by atoms with Gasteiger partial charge in [-0.2, -0.15) is 10.4 Å². The van der Waals surface area contributed by atoms with Gasteiger partial charge in [-0.1, -0.05) is 36.4 Å². The number of aromatic nitrogens is 1. The Kier molecular flexibility index (Phi) is 5.62. The molecule has 3 rings (SSSR count). The van der Waals surface area contributed by atoms with E-state index >= 15 is 0 Å². The molecule has 0 aliphatic carbocycles. The molecule has 0 spiro atoms. The molecule has 0 saturated carbocycles. The van der Waals surface area contributed by atoms with Gasteiger partial charge in [-0.05, 0) is 36.8 Å². The van der Waals surface area contributed by atoms with E-state index in [0.29, 0.717) is 18.1 Å². The fraction of sp³-hybridized carbons (Fsp3) is 0.150. The molecular weight excluding hydrogens is 342 g/mol. The summed E-state index contributed by atoms with van der Waals surface area (Å²) in [6, 6.07) is 18.2. The molecule has 0 unspecified atom stereocenters. The third-order valence-electron chi connectivity index (χ3n) is 4.05. The second kappa shape index (κ2) is 8.28. The van der Waals surface area contributed by atoms with Crippen LogP contribution >= 0.6 is 12.2 Å². The molecule has 1 aromatic heterocycles. The smallest absolute Gasteiger partial charge is 0.191 e. The fourth-order valence-corrected chi connectivity index (χ4v) is 2.92. The Hall–Kier alpha value is -3.17. The highest BCUT2D eigenvalue weighted by Gasteiger charge is 2.06. The molecular formula is C20H19N5S. The molecule has 0 aliphatic rings. The Labute approximate surface area is 157 Å². The lowest BCUT2D eigenvalue weighted by Gasteiger charge is -2.09. The van der Waals surface area contributed by atoms with Gasteiger partial charge in [-0.25, -0.2) is 0 Å². The molecule has 2 aromatic carbocycles. The van der Waals surface area contributed by atoms with E-state index in [1.54, 1.807) is 6.21 Å². The van der Waals surface area contributed by atoms with Crippen molar-refractivity contribution in [2.24, 2.45) is 5.10 Å². The van der Waals surface area contributed by atoms with Crippen molar-refractivity contribution in [3.8, 4) is 6.07 Å². The Morgan fingerprint density at radius 3 is 2.81 bits per heavy atom. The lowest BCUT2D eigenvalue weighted by atomic mass is 10.2. The quantitative estimate of drug-likeness (QED) is 0.406. The molecule has 0 atom stereocenters. The molecule has 0 radical (unpaired) electrons. The van der Waals surface area contributed by atoms with Gasteiger partial charge in [0.25, 0.3) is 0 Å². The van der Waals surface area contributed by atoms with E-state index in [1.165, 1.54) is 0 Å². The largest absolute Gasteiger partial charge is 0.346 e. The molecule has 6 heteroatoms. The molecule has 0 amide bonds. The zero-order valence-corrected chi connectivity index (χ0v) is 15.3. The number of hydrogen-bond acceptors (Lipinski definition) is 3. The monoisotopic (exact) mass is 361 g/mol. The fourth-order valence-electron chi connectivity index (χ4n) is 2.76. The van der Waals surface area contributed by atoms with Crippen LogP contribution in [-0.2, 0) is 6.54 Å². The van der Waals surface area contributed by atoms with E-state index in [9.17, 15) is 0 Å². The van der Waals surface area contributed by atoms with E-state index in [4.69, 9.17) is 17.5 Å². The highest BCUT2D eigenvalue weighted by atomic mass is 32.1. The van der Waals surface area contributed by atoms with Crippen LogP contribution in [0.25, 0.3) is 10.9 Å². The van der Waals surface area contributed by atoms with Gasteiger partial charge < -0.3 is 9.88 Å². The SMILES string of the molecule is Cc1ccccc1NC(=S)N/N=C\c1cn(CCC#N)c2ccccc12. The van der Waals surface area contributed by atoms with Crippen molar-refractivity contribution in [2.45, 2.75) is 19.9 Å². The summed E-state index contributed by atoms with van der Waals surface area (Å²) in [7, 11) is 0. The van der Waals surface area contributed by atoms with Crippen molar-refractivity contribution in [3.05, 3.63) is 65.9 Å². The number of benzene rings is 2. The minimum Gasteiger partial charge on any atom is -0.346 e. The zero-order valence-electron chi connectivity index (χ0n) is 14.4. The minimum atomic E-state index is 0.434. The van der Waals surface area contributed by atoms with Crippen molar-refractivity contribution in [1.82, 2.24) is 9.99 Å². The van der Waals surface area contributed by atoms with Crippen molar-refractivity contribution >= 4 is 40.1 Å². The van der Waals surface area contributed by atoms with Crippen LogP contribution in [0.15, 0.2) is 59.8 Å². The summed E-state index contributed by atoms with van der Waals surface area (Å²) in [6.07, 6.45) is 4.22. The van der Waals surface area contributed by atoms with Crippen LogP contribution in [0.2, 0.25) is 0 Å². The van der Waals surface area contributed by atoms with E-state index in [2.05, 4.69) is 26.5 Å². The topological polar surface area (TPSA) is 65.1 Å². The van der Waals surface area contributed by atoms with Crippen molar-refractivity contribution in [2.75, 3.05) is 5.32 Å². The van der Waals surface area contributed by atoms with Crippen LogP contribution in [-0.4, -0.2) is 15.9 Å². The average molecular weight is 361 g/mol. The Bertz CT molecular complexity index is 997. The van der Waals surface area contributed by atoms with Gasteiger partial charge in [0.05, 0.1) is 18.7 Å². The van der Waals surface area contributed by atoms with Gasteiger partial charge in [0.2, 0.25) is 0 Å². The predicted molar refractivity (Wildman–Crippen MR) is 110 cm³/mol. The normalized spacial score (nSPS) is 10.8. The third kappa shape index (κ3) is 4.08. The Balaban J connectivity index is 1.71. The molecule has 130 valence electrons. The number of hydrogen-bond donors (Lipinski definition) is 2. The summed E-state index contributed by atoms with van der Waals surface area (Å²) in [6.45, 7) is 2.68. The minimum absolute atomic E-state index is 0.434. The number of hydrazone groups is 1. The molecule has 0 saturated heterocycles. The van der Waals surface area contributed by atoms with Gasteiger partial charge in [0, 0.05) is 34.9 Å². The predicted octanol–water partition coefficient (Wildman–Crippen LogP) is 4.18. The number of aryl methyl sites for hydroxylation is 2.